The molecule has 0 amide bonds. The van der Waals surface area contributed by atoms with Crippen molar-refractivity contribution in [3.05, 3.63) is 0 Å². The molecule has 0 aromatic carbocycles. The van der Waals surface area contributed by atoms with E-state index in [2.05, 4.69) is 42.7 Å². The summed E-state index contributed by atoms with van der Waals surface area (Å²) in [5.41, 5.74) is 0. The molecule has 2 fully saturated rings. The molecule has 1 aliphatic carbocycles. The van der Waals surface area contributed by atoms with Gasteiger partial charge in [-0.1, -0.05) is 20.3 Å². The van der Waals surface area contributed by atoms with Crippen molar-refractivity contribution in [3.63, 3.8) is 0 Å². The van der Waals surface area contributed by atoms with Gasteiger partial charge < -0.3 is 5.32 Å². The van der Waals surface area contributed by atoms with Crippen LogP contribution in [0.1, 0.15) is 40.0 Å². The normalized spacial score (nSPS) is 39.7. The molecule has 2 rings (SSSR count). The van der Waals surface area contributed by atoms with Crippen molar-refractivity contribution in [2.24, 2.45) is 5.92 Å². The number of nitrogens with zero attached hydrogens (tertiary/aromatic N) is 1. The van der Waals surface area contributed by atoms with Crippen LogP contribution in [0.2, 0.25) is 0 Å². The lowest BCUT2D eigenvalue weighted by atomic mass is 10.0. The molecule has 0 spiro atoms. The molecular formula is C14H28N2S. The summed E-state index contributed by atoms with van der Waals surface area (Å²) in [6.45, 7) is 10.8. The SMILES string of the molecule is CCNC1CCCC1CN1CCSC(C)C1C. The van der Waals surface area contributed by atoms with E-state index in [0.29, 0.717) is 0 Å². The van der Waals surface area contributed by atoms with Gasteiger partial charge in [0.2, 0.25) is 0 Å². The van der Waals surface area contributed by atoms with E-state index in [9.17, 15) is 0 Å². The van der Waals surface area contributed by atoms with Gasteiger partial charge in [-0.05, 0) is 32.2 Å². The fourth-order valence-corrected chi connectivity index (χ4v) is 4.50. The zero-order valence-electron chi connectivity index (χ0n) is 11.6. The van der Waals surface area contributed by atoms with Gasteiger partial charge in [0, 0.05) is 36.2 Å². The predicted octanol–water partition coefficient (Wildman–Crippen LogP) is 2.59. The first-order valence-corrected chi connectivity index (χ1v) is 8.36. The van der Waals surface area contributed by atoms with E-state index in [4.69, 9.17) is 0 Å². The Morgan fingerprint density at radius 3 is 2.88 bits per heavy atom. The first kappa shape index (κ1) is 13.7. The maximum atomic E-state index is 3.68. The molecule has 1 saturated heterocycles. The number of thioether (sulfide) groups is 1. The van der Waals surface area contributed by atoms with Crippen molar-refractivity contribution in [1.29, 1.82) is 0 Å². The van der Waals surface area contributed by atoms with E-state index in [-0.39, 0.29) is 0 Å². The van der Waals surface area contributed by atoms with E-state index in [0.717, 1.165) is 29.8 Å². The maximum absolute atomic E-state index is 3.68. The summed E-state index contributed by atoms with van der Waals surface area (Å²) in [5.74, 6) is 2.22. The van der Waals surface area contributed by atoms with Crippen LogP contribution in [0.15, 0.2) is 0 Å². The Bertz CT molecular complexity index is 234. The van der Waals surface area contributed by atoms with Gasteiger partial charge in [0.15, 0.2) is 0 Å². The highest BCUT2D eigenvalue weighted by atomic mass is 32.2. The third-order valence-electron chi connectivity index (χ3n) is 4.61. The first-order chi connectivity index (χ1) is 8.22. The molecule has 0 radical (unpaired) electrons. The highest BCUT2D eigenvalue weighted by Crippen LogP contribution is 2.30. The summed E-state index contributed by atoms with van der Waals surface area (Å²) in [6, 6.07) is 1.55. The van der Waals surface area contributed by atoms with Crippen LogP contribution in [0.4, 0.5) is 0 Å². The van der Waals surface area contributed by atoms with E-state index in [1.54, 1.807) is 0 Å². The summed E-state index contributed by atoms with van der Waals surface area (Å²) < 4.78 is 0. The molecule has 3 heteroatoms. The van der Waals surface area contributed by atoms with Crippen LogP contribution in [0.3, 0.4) is 0 Å². The summed E-state index contributed by atoms with van der Waals surface area (Å²) in [5, 5.41) is 4.49. The van der Waals surface area contributed by atoms with Crippen LogP contribution < -0.4 is 5.32 Å². The topological polar surface area (TPSA) is 15.3 Å². The molecule has 0 bridgehead atoms. The Morgan fingerprint density at radius 1 is 1.29 bits per heavy atom. The van der Waals surface area contributed by atoms with E-state index in [1.807, 2.05) is 0 Å². The molecule has 1 aliphatic heterocycles. The van der Waals surface area contributed by atoms with Crippen molar-refractivity contribution in [2.45, 2.75) is 57.4 Å². The van der Waals surface area contributed by atoms with Crippen molar-refractivity contribution in [2.75, 3.05) is 25.4 Å². The second-order valence-corrected chi connectivity index (χ2v) is 7.15. The fraction of sp³-hybridized carbons (Fsp3) is 1.00. The third-order valence-corrected chi connectivity index (χ3v) is 5.95. The summed E-state index contributed by atoms with van der Waals surface area (Å²) in [4.78, 5) is 2.74. The minimum atomic E-state index is 0.761. The van der Waals surface area contributed by atoms with Gasteiger partial charge in [-0.2, -0.15) is 11.8 Å². The smallest absolute Gasteiger partial charge is 0.0184 e. The Balaban J connectivity index is 1.86. The molecule has 4 atom stereocenters. The quantitative estimate of drug-likeness (QED) is 0.832. The minimum absolute atomic E-state index is 0.761. The molecule has 1 N–H and O–H groups in total. The number of hydrogen-bond donors (Lipinski definition) is 1. The molecule has 2 nitrogen and oxygen atoms in total. The molecular weight excluding hydrogens is 228 g/mol. The van der Waals surface area contributed by atoms with Crippen molar-refractivity contribution in [1.82, 2.24) is 10.2 Å². The highest BCUT2D eigenvalue weighted by molar-refractivity contribution is 8.00. The number of hydrogen-bond acceptors (Lipinski definition) is 3. The largest absolute Gasteiger partial charge is 0.314 e. The second-order valence-electron chi connectivity index (χ2n) is 5.67. The third kappa shape index (κ3) is 3.39. The lowest BCUT2D eigenvalue weighted by Gasteiger charge is -2.39. The summed E-state index contributed by atoms with van der Waals surface area (Å²) in [7, 11) is 0. The Morgan fingerprint density at radius 2 is 2.12 bits per heavy atom. The number of rotatable bonds is 4. The van der Waals surface area contributed by atoms with Gasteiger partial charge in [0.1, 0.15) is 0 Å². The average Bonchev–Trinajstić information content (AvgIpc) is 2.73. The van der Waals surface area contributed by atoms with Crippen LogP contribution in [-0.4, -0.2) is 47.6 Å². The molecule has 1 saturated carbocycles. The Labute approximate surface area is 111 Å². The standard InChI is InChI=1S/C14H28N2S/c1-4-15-14-7-5-6-13(14)10-16-8-9-17-12(3)11(16)2/h11-15H,4-10H2,1-3H3. The van der Waals surface area contributed by atoms with E-state index >= 15 is 0 Å². The van der Waals surface area contributed by atoms with Crippen LogP contribution in [0.5, 0.6) is 0 Å². The summed E-state index contributed by atoms with van der Waals surface area (Å²) >= 11 is 2.14. The van der Waals surface area contributed by atoms with Crippen LogP contribution >= 0.6 is 11.8 Å². The van der Waals surface area contributed by atoms with Gasteiger partial charge in [-0.25, -0.2) is 0 Å². The first-order valence-electron chi connectivity index (χ1n) is 7.31. The second kappa shape index (κ2) is 6.44. The molecule has 1 heterocycles. The average molecular weight is 256 g/mol. The van der Waals surface area contributed by atoms with E-state index in [1.165, 1.54) is 38.1 Å². The van der Waals surface area contributed by atoms with Crippen LogP contribution in [0.25, 0.3) is 0 Å². The summed E-state index contributed by atoms with van der Waals surface area (Å²) in [6.07, 6.45) is 4.25. The Kier molecular flexibility index (Phi) is 5.19. The van der Waals surface area contributed by atoms with Gasteiger partial charge >= 0.3 is 0 Å². The molecule has 17 heavy (non-hydrogen) atoms. The predicted molar refractivity (Wildman–Crippen MR) is 77.8 cm³/mol. The van der Waals surface area contributed by atoms with Gasteiger partial charge in [0.05, 0.1) is 0 Å². The fourth-order valence-electron chi connectivity index (χ4n) is 3.34. The zero-order chi connectivity index (χ0) is 12.3. The van der Waals surface area contributed by atoms with Crippen molar-refractivity contribution >= 4 is 11.8 Å². The number of nitrogens with one attached hydrogen (secondary N) is 1. The van der Waals surface area contributed by atoms with Crippen LogP contribution in [0, 0.1) is 5.92 Å². The van der Waals surface area contributed by atoms with Gasteiger partial charge in [-0.3, -0.25) is 4.90 Å². The maximum Gasteiger partial charge on any atom is 0.0184 e. The highest BCUT2D eigenvalue weighted by Gasteiger charge is 2.32. The van der Waals surface area contributed by atoms with Crippen molar-refractivity contribution in [3.8, 4) is 0 Å². The Hall–Kier alpha value is 0.270. The molecule has 4 unspecified atom stereocenters. The van der Waals surface area contributed by atoms with Crippen LogP contribution in [-0.2, 0) is 0 Å². The minimum Gasteiger partial charge on any atom is -0.314 e. The molecule has 0 aromatic rings. The van der Waals surface area contributed by atoms with Gasteiger partial charge in [-0.15, -0.1) is 0 Å². The lowest BCUT2D eigenvalue weighted by Crippen LogP contribution is -2.48. The van der Waals surface area contributed by atoms with E-state index < -0.39 is 0 Å². The molecule has 0 aromatic heterocycles. The van der Waals surface area contributed by atoms with Gasteiger partial charge in [0.25, 0.3) is 0 Å². The monoisotopic (exact) mass is 256 g/mol. The zero-order valence-corrected chi connectivity index (χ0v) is 12.4. The lowest BCUT2D eigenvalue weighted by molar-refractivity contribution is 0.169. The molecule has 2 aliphatic rings. The van der Waals surface area contributed by atoms with Crippen molar-refractivity contribution < 1.29 is 0 Å². The molecule has 100 valence electrons.